The summed E-state index contributed by atoms with van der Waals surface area (Å²) in [6.45, 7) is 0.475. The van der Waals surface area contributed by atoms with Crippen LogP contribution in [0.5, 0.6) is 0 Å². The number of benzene rings is 2. The van der Waals surface area contributed by atoms with Crippen molar-refractivity contribution in [1.82, 2.24) is 16.2 Å². The number of hydrogen-bond acceptors (Lipinski definition) is 4. The van der Waals surface area contributed by atoms with Crippen molar-refractivity contribution in [3.63, 3.8) is 0 Å². The van der Waals surface area contributed by atoms with Gasteiger partial charge in [-0.15, -0.1) is 0 Å². The Morgan fingerprint density at radius 2 is 1.81 bits per heavy atom. The van der Waals surface area contributed by atoms with Crippen LogP contribution in [0.2, 0.25) is 0 Å². The van der Waals surface area contributed by atoms with Crippen molar-refractivity contribution in [3.8, 4) is 0 Å². The van der Waals surface area contributed by atoms with E-state index < -0.39 is 0 Å². The number of amides is 2. The minimum atomic E-state index is -0.328. The van der Waals surface area contributed by atoms with Crippen LogP contribution in [0, 0.1) is 11.7 Å². The minimum absolute atomic E-state index is 0.0629. The van der Waals surface area contributed by atoms with Crippen molar-refractivity contribution >= 4 is 17.5 Å². The number of likely N-dealkylation sites (N-methyl/N-ethyl adjacent to an activating group) is 1. The summed E-state index contributed by atoms with van der Waals surface area (Å²) in [4.78, 5) is 24.0. The molecule has 0 aliphatic carbocycles. The first-order valence-electron chi connectivity index (χ1n) is 8.41. The zero-order valence-electron chi connectivity index (χ0n) is 14.4. The van der Waals surface area contributed by atoms with Crippen molar-refractivity contribution in [3.05, 3.63) is 65.5 Å². The van der Waals surface area contributed by atoms with E-state index in [9.17, 15) is 14.0 Å². The van der Waals surface area contributed by atoms with Gasteiger partial charge in [0.2, 0.25) is 11.8 Å². The van der Waals surface area contributed by atoms with Gasteiger partial charge in [0.15, 0.2) is 0 Å². The van der Waals surface area contributed by atoms with Crippen LogP contribution in [0.4, 0.5) is 10.1 Å². The van der Waals surface area contributed by atoms with Gasteiger partial charge in [0.05, 0.1) is 18.4 Å². The molecule has 1 saturated heterocycles. The van der Waals surface area contributed by atoms with Crippen molar-refractivity contribution in [2.45, 2.75) is 12.5 Å². The largest absolute Gasteiger partial charge is 0.359 e. The summed E-state index contributed by atoms with van der Waals surface area (Å²) in [5.74, 6) is -0.827. The third-order valence-electron chi connectivity index (χ3n) is 4.41. The van der Waals surface area contributed by atoms with E-state index in [2.05, 4.69) is 21.5 Å². The summed E-state index contributed by atoms with van der Waals surface area (Å²) in [6.07, 6.45) is 0.299. The fourth-order valence-corrected chi connectivity index (χ4v) is 2.94. The van der Waals surface area contributed by atoms with Gasteiger partial charge in [-0.1, -0.05) is 24.3 Å². The minimum Gasteiger partial charge on any atom is -0.359 e. The Morgan fingerprint density at radius 3 is 2.46 bits per heavy atom. The van der Waals surface area contributed by atoms with Gasteiger partial charge in [-0.25, -0.2) is 9.82 Å². The summed E-state index contributed by atoms with van der Waals surface area (Å²) in [5.41, 5.74) is 8.44. The first-order chi connectivity index (χ1) is 12.6. The van der Waals surface area contributed by atoms with Gasteiger partial charge in [0.25, 0.3) is 0 Å². The van der Waals surface area contributed by atoms with Crippen molar-refractivity contribution in [1.29, 1.82) is 0 Å². The summed E-state index contributed by atoms with van der Waals surface area (Å²) >= 11 is 0. The number of carbonyl (C=O) groups is 2. The van der Waals surface area contributed by atoms with Gasteiger partial charge in [0, 0.05) is 19.3 Å². The lowest BCUT2D eigenvalue weighted by Gasteiger charge is -2.18. The van der Waals surface area contributed by atoms with Crippen molar-refractivity contribution in [2.24, 2.45) is 5.92 Å². The molecule has 2 aromatic carbocycles. The van der Waals surface area contributed by atoms with E-state index in [0.717, 1.165) is 11.1 Å². The lowest BCUT2D eigenvalue weighted by atomic mass is 9.94. The first kappa shape index (κ1) is 18.0. The quantitative estimate of drug-likeness (QED) is 0.655. The molecule has 3 rings (SSSR count). The molecule has 2 amide bonds. The summed E-state index contributed by atoms with van der Waals surface area (Å²) < 4.78 is 13.1. The molecule has 0 saturated carbocycles. The van der Waals surface area contributed by atoms with E-state index in [-0.39, 0.29) is 29.6 Å². The zero-order chi connectivity index (χ0) is 18.5. The van der Waals surface area contributed by atoms with Gasteiger partial charge in [0.1, 0.15) is 5.82 Å². The number of carbonyl (C=O) groups excluding carboxylic acids is 2. The molecule has 0 bridgehead atoms. The molecule has 4 N–H and O–H groups in total. The highest BCUT2D eigenvalue weighted by Gasteiger charge is 2.33. The Kier molecular flexibility index (Phi) is 5.60. The molecule has 1 heterocycles. The molecule has 1 aliphatic rings. The molecule has 0 spiro atoms. The van der Waals surface area contributed by atoms with E-state index in [1.165, 1.54) is 12.1 Å². The fraction of sp³-hybridized carbons (Fsp3) is 0.263. The fourth-order valence-electron chi connectivity index (χ4n) is 2.94. The monoisotopic (exact) mass is 356 g/mol. The number of rotatable bonds is 5. The second-order valence-electron chi connectivity index (χ2n) is 6.20. The topological polar surface area (TPSA) is 82.3 Å². The Labute approximate surface area is 151 Å². The Hall–Kier alpha value is -2.77. The summed E-state index contributed by atoms with van der Waals surface area (Å²) in [7, 11) is 1.60. The van der Waals surface area contributed by atoms with Crippen molar-refractivity contribution in [2.75, 3.05) is 18.9 Å². The highest BCUT2D eigenvalue weighted by atomic mass is 19.1. The van der Waals surface area contributed by atoms with Crippen LogP contribution in [0.1, 0.15) is 17.2 Å². The Morgan fingerprint density at radius 1 is 1.12 bits per heavy atom. The van der Waals surface area contributed by atoms with Crippen LogP contribution >= 0.6 is 0 Å². The summed E-state index contributed by atoms with van der Waals surface area (Å²) in [6, 6.07) is 13.1. The molecule has 2 unspecified atom stereocenters. The average Bonchev–Trinajstić information content (AvgIpc) is 3.14. The molecule has 2 aromatic rings. The maximum absolute atomic E-state index is 13.1. The zero-order valence-corrected chi connectivity index (χ0v) is 14.4. The molecule has 1 fully saturated rings. The second-order valence-corrected chi connectivity index (χ2v) is 6.20. The van der Waals surface area contributed by atoms with Gasteiger partial charge < -0.3 is 10.6 Å². The SMILES string of the molecule is CNC(=O)Cc1ccc(NC(=O)C2CNNC2c2ccc(F)cc2)cc1. The van der Waals surface area contributed by atoms with Crippen LogP contribution in [-0.4, -0.2) is 25.4 Å². The van der Waals surface area contributed by atoms with E-state index in [4.69, 9.17) is 0 Å². The molecule has 136 valence electrons. The Bertz CT molecular complexity index is 777. The number of nitrogens with one attached hydrogen (secondary N) is 4. The molecule has 0 aromatic heterocycles. The first-order valence-corrected chi connectivity index (χ1v) is 8.41. The molecule has 2 atom stereocenters. The second kappa shape index (κ2) is 8.07. The molecule has 6 nitrogen and oxygen atoms in total. The molecule has 26 heavy (non-hydrogen) atoms. The number of hydrazine groups is 1. The van der Waals surface area contributed by atoms with Crippen LogP contribution in [0.25, 0.3) is 0 Å². The molecule has 1 aliphatic heterocycles. The maximum atomic E-state index is 13.1. The number of hydrogen-bond donors (Lipinski definition) is 4. The van der Waals surface area contributed by atoms with E-state index in [1.807, 2.05) is 12.1 Å². The normalized spacial score (nSPS) is 19.2. The molecular formula is C19H21FN4O2. The smallest absolute Gasteiger partial charge is 0.230 e. The standard InChI is InChI=1S/C19H21FN4O2/c1-21-17(25)10-12-2-8-15(9-3-12)23-19(26)16-11-22-24-18(16)13-4-6-14(20)7-5-13/h2-9,16,18,22,24H,10-11H2,1H3,(H,21,25)(H,23,26). The molecule has 7 heteroatoms. The van der Waals surface area contributed by atoms with Gasteiger partial charge in [-0.3, -0.25) is 15.0 Å². The Balaban J connectivity index is 1.65. The highest BCUT2D eigenvalue weighted by Crippen LogP contribution is 2.26. The third-order valence-corrected chi connectivity index (χ3v) is 4.41. The van der Waals surface area contributed by atoms with Gasteiger partial charge in [-0.2, -0.15) is 0 Å². The predicted molar refractivity (Wildman–Crippen MR) is 96.6 cm³/mol. The molecule has 0 radical (unpaired) electrons. The maximum Gasteiger partial charge on any atom is 0.230 e. The van der Waals surface area contributed by atoms with Crippen LogP contribution in [0.3, 0.4) is 0 Å². The summed E-state index contributed by atoms with van der Waals surface area (Å²) in [5, 5.41) is 5.47. The van der Waals surface area contributed by atoms with E-state index in [0.29, 0.717) is 18.7 Å². The lowest BCUT2D eigenvalue weighted by Crippen LogP contribution is -2.29. The number of halogens is 1. The molecular weight excluding hydrogens is 335 g/mol. The van der Waals surface area contributed by atoms with Gasteiger partial charge >= 0.3 is 0 Å². The predicted octanol–water partition coefficient (Wildman–Crippen LogP) is 1.52. The van der Waals surface area contributed by atoms with E-state index >= 15 is 0 Å². The van der Waals surface area contributed by atoms with E-state index in [1.54, 1.807) is 31.3 Å². The van der Waals surface area contributed by atoms with Crippen LogP contribution in [-0.2, 0) is 16.0 Å². The van der Waals surface area contributed by atoms with Gasteiger partial charge in [-0.05, 0) is 35.4 Å². The van der Waals surface area contributed by atoms with Crippen LogP contribution in [0.15, 0.2) is 48.5 Å². The lowest BCUT2D eigenvalue weighted by molar-refractivity contribution is -0.120. The van der Waals surface area contributed by atoms with Crippen LogP contribution < -0.4 is 21.5 Å². The highest BCUT2D eigenvalue weighted by molar-refractivity contribution is 5.93. The third kappa shape index (κ3) is 4.25. The average molecular weight is 356 g/mol. The van der Waals surface area contributed by atoms with Crippen molar-refractivity contribution < 1.29 is 14.0 Å². The number of anilines is 1.